The standard InChI is InChI=1S/C56H58O5S2/c1-57-35-15-27-45-41-23-11-13-25-43(41)47(29-17-37-59-3)53-49(45)31-33-51(62-39-19-7-5-8-20-39)55(53)61-56-52(63-40-21-9-6-10-22-40)34-32-50-46(28-16-36-58-2)42-24-12-14-26-44(42)48(54(50)56)30-18-38-60-4/h5-14,19-26,31-34H,15-18,27-30,35-38H2,1-4H3. The number of ether oxygens (including phenoxy) is 5. The van der Waals surface area contributed by atoms with Gasteiger partial charge in [-0.25, -0.2) is 0 Å². The van der Waals surface area contributed by atoms with E-state index in [0.29, 0.717) is 26.4 Å². The molecule has 0 aliphatic carbocycles. The lowest BCUT2D eigenvalue weighted by Gasteiger charge is -2.25. The van der Waals surface area contributed by atoms with Crippen molar-refractivity contribution in [2.45, 2.75) is 70.9 Å². The molecule has 0 heterocycles. The van der Waals surface area contributed by atoms with E-state index >= 15 is 0 Å². The molecule has 0 atom stereocenters. The Morgan fingerprint density at radius 3 is 1.00 bits per heavy atom. The maximum absolute atomic E-state index is 8.01. The van der Waals surface area contributed by atoms with Gasteiger partial charge in [-0.1, -0.05) is 121 Å². The summed E-state index contributed by atoms with van der Waals surface area (Å²) in [6, 6.07) is 48.6. The highest BCUT2D eigenvalue weighted by atomic mass is 32.2. The van der Waals surface area contributed by atoms with Gasteiger partial charge in [0.15, 0.2) is 0 Å². The lowest BCUT2D eigenvalue weighted by Crippen LogP contribution is -2.04. The number of fused-ring (bicyclic) bond motifs is 4. The Bertz CT molecular complexity index is 2580. The van der Waals surface area contributed by atoms with E-state index in [-0.39, 0.29) is 0 Å². The van der Waals surface area contributed by atoms with Gasteiger partial charge in [0.25, 0.3) is 0 Å². The zero-order chi connectivity index (χ0) is 43.4. The van der Waals surface area contributed by atoms with E-state index in [1.807, 2.05) is 0 Å². The first-order chi connectivity index (χ1) is 31.1. The number of hydrogen-bond acceptors (Lipinski definition) is 7. The Hall–Kier alpha value is -4.86. The Morgan fingerprint density at radius 2 is 0.651 bits per heavy atom. The summed E-state index contributed by atoms with van der Waals surface area (Å²) in [5.41, 5.74) is 5.25. The summed E-state index contributed by atoms with van der Waals surface area (Å²) in [6.45, 7) is 2.73. The van der Waals surface area contributed by atoms with Gasteiger partial charge in [-0.15, -0.1) is 0 Å². The second kappa shape index (κ2) is 22.2. The fourth-order valence-electron chi connectivity index (χ4n) is 9.14. The van der Waals surface area contributed by atoms with Crippen LogP contribution in [0.4, 0.5) is 0 Å². The minimum Gasteiger partial charge on any atom is -0.454 e. The lowest BCUT2D eigenvalue weighted by molar-refractivity contribution is 0.195. The fourth-order valence-corrected chi connectivity index (χ4v) is 11.0. The molecule has 0 spiro atoms. The molecule has 0 aliphatic rings. The van der Waals surface area contributed by atoms with Gasteiger partial charge in [-0.2, -0.15) is 0 Å². The molecule has 0 saturated heterocycles. The fraction of sp³-hybridized carbons (Fsp3) is 0.286. The first-order valence-electron chi connectivity index (χ1n) is 22.2. The summed E-state index contributed by atoms with van der Waals surface area (Å²) < 4.78 is 30.6. The molecule has 0 radical (unpaired) electrons. The topological polar surface area (TPSA) is 46.2 Å². The van der Waals surface area contributed by atoms with Crippen LogP contribution < -0.4 is 4.74 Å². The van der Waals surface area contributed by atoms with Gasteiger partial charge in [-0.05, 0) is 142 Å². The minimum absolute atomic E-state index is 0.672. The average Bonchev–Trinajstić information content (AvgIpc) is 3.32. The maximum Gasteiger partial charge on any atom is 0.149 e. The molecule has 63 heavy (non-hydrogen) atoms. The molecule has 0 bridgehead atoms. The Balaban J connectivity index is 1.50. The number of methoxy groups -OCH3 is 4. The van der Waals surface area contributed by atoms with Crippen LogP contribution in [-0.4, -0.2) is 54.9 Å². The summed E-state index contributed by atoms with van der Waals surface area (Å²) in [5, 5.41) is 9.93. The Labute approximate surface area is 381 Å². The van der Waals surface area contributed by atoms with Crippen LogP contribution in [-0.2, 0) is 44.6 Å². The summed E-state index contributed by atoms with van der Waals surface area (Å²) in [7, 11) is 7.17. The summed E-state index contributed by atoms with van der Waals surface area (Å²) in [4.78, 5) is 4.48. The van der Waals surface area contributed by atoms with Crippen LogP contribution in [0.25, 0.3) is 43.1 Å². The highest BCUT2D eigenvalue weighted by Crippen LogP contribution is 2.52. The number of benzene rings is 8. The van der Waals surface area contributed by atoms with Gasteiger partial charge < -0.3 is 23.7 Å². The highest BCUT2D eigenvalue weighted by Gasteiger charge is 2.26. The normalized spacial score (nSPS) is 11.7. The molecule has 0 aliphatic heterocycles. The van der Waals surface area contributed by atoms with Gasteiger partial charge in [0.2, 0.25) is 0 Å². The van der Waals surface area contributed by atoms with E-state index in [2.05, 4.69) is 133 Å². The molecule has 0 unspecified atom stereocenters. The lowest BCUT2D eigenvalue weighted by atomic mass is 9.87. The van der Waals surface area contributed by atoms with Crippen LogP contribution in [0.15, 0.2) is 153 Å². The van der Waals surface area contributed by atoms with Crippen molar-refractivity contribution in [1.82, 2.24) is 0 Å². The van der Waals surface area contributed by atoms with Crippen LogP contribution >= 0.6 is 23.5 Å². The molecule has 0 amide bonds. The molecule has 0 saturated carbocycles. The van der Waals surface area contributed by atoms with Gasteiger partial charge in [0.05, 0.1) is 9.79 Å². The molecule has 7 heteroatoms. The van der Waals surface area contributed by atoms with Crippen molar-refractivity contribution >= 4 is 66.6 Å². The van der Waals surface area contributed by atoms with E-state index in [9.17, 15) is 0 Å². The SMILES string of the molecule is COCCCc1c2ccccc2c(CCCOC)c2c(Oc3c(Sc4ccccc4)ccc4c(CCCOC)c5ccccc5c(CCCOC)c34)c(Sc3ccccc3)ccc12. The van der Waals surface area contributed by atoms with Crippen LogP contribution in [0.1, 0.15) is 47.9 Å². The summed E-state index contributed by atoms with van der Waals surface area (Å²) in [6.07, 6.45) is 7.07. The molecule has 8 aromatic carbocycles. The zero-order valence-electron chi connectivity index (χ0n) is 37.0. The van der Waals surface area contributed by atoms with E-state index in [0.717, 1.165) is 82.4 Å². The zero-order valence-corrected chi connectivity index (χ0v) is 38.7. The van der Waals surface area contributed by atoms with E-state index in [1.165, 1.54) is 65.3 Å². The first kappa shape index (κ1) is 44.7. The third kappa shape index (κ3) is 10.1. The monoisotopic (exact) mass is 874 g/mol. The predicted molar refractivity (Wildman–Crippen MR) is 265 cm³/mol. The van der Waals surface area contributed by atoms with Gasteiger partial charge in [-0.3, -0.25) is 0 Å². The highest BCUT2D eigenvalue weighted by molar-refractivity contribution is 7.99. The van der Waals surface area contributed by atoms with Crippen molar-refractivity contribution in [3.63, 3.8) is 0 Å². The number of hydrogen-bond donors (Lipinski definition) is 0. The molecule has 8 aromatic rings. The van der Waals surface area contributed by atoms with Crippen molar-refractivity contribution in [2.75, 3.05) is 54.9 Å². The second-order valence-electron chi connectivity index (χ2n) is 16.0. The summed E-state index contributed by atoms with van der Waals surface area (Å²) >= 11 is 3.53. The van der Waals surface area contributed by atoms with Crippen molar-refractivity contribution in [2.24, 2.45) is 0 Å². The van der Waals surface area contributed by atoms with E-state index in [4.69, 9.17) is 23.7 Å². The molecule has 5 nitrogen and oxygen atoms in total. The second-order valence-corrected chi connectivity index (χ2v) is 18.2. The molecule has 0 N–H and O–H groups in total. The van der Waals surface area contributed by atoms with Crippen molar-refractivity contribution in [1.29, 1.82) is 0 Å². The third-order valence-corrected chi connectivity index (χ3v) is 14.0. The Kier molecular flexibility index (Phi) is 15.7. The molecule has 8 rings (SSSR count). The van der Waals surface area contributed by atoms with Crippen molar-refractivity contribution < 1.29 is 23.7 Å². The van der Waals surface area contributed by atoms with Crippen LogP contribution in [0.2, 0.25) is 0 Å². The largest absolute Gasteiger partial charge is 0.454 e. The number of aryl methyl sites for hydroxylation is 4. The smallest absolute Gasteiger partial charge is 0.149 e. The van der Waals surface area contributed by atoms with Crippen LogP contribution in [0.3, 0.4) is 0 Å². The van der Waals surface area contributed by atoms with E-state index in [1.54, 1.807) is 52.0 Å². The predicted octanol–water partition coefficient (Wildman–Crippen LogP) is 14.7. The molecule has 0 fully saturated rings. The molecule has 324 valence electrons. The van der Waals surface area contributed by atoms with Gasteiger partial charge >= 0.3 is 0 Å². The van der Waals surface area contributed by atoms with E-state index < -0.39 is 0 Å². The van der Waals surface area contributed by atoms with Gasteiger partial charge in [0.1, 0.15) is 11.5 Å². The van der Waals surface area contributed by atoms with Crippen LogP contribution in [0.5, 0.6) is 11.5 Å². The minimum atomic E-state index is 0.672. The maximum atomic E-state index is 8.01. The van der Waals surface area contributed by atoms with Crippen LogP contribution in [0, 0.1) is 0 Å². The average molecular weight is 875 g/mol. The number of rotatable bonds is 22. The first-order valence-corrected chi connectivity index (χ1v) is 23.9. The van der Waals surface area contributed by atoms with Crippen molar-refractivity contribution in [3.05, 3.63) is 156 Å². The molecular formula is C56H58O5S2. The van der Waals surface area contributed by atoms with Gasteiger partial charge in [0, 0.05) is 75.4 Å². The van der Waals surface area contributed by atoms with Crippen molar-refractivity contribution in [3.8, 4) is 11.5 Å². The Morgan fingerprint density at radius 1 is 0.333 bits per heavy atom. The quantitative estimate of drug-likeness (QED) is 0.0496. The molecule has 0 aromatic heterocycles. The molecular weight excluding hydrogens is 817 g/mol. The third-order valence-electron chi connectivity index (χ3n) is 11.9. The summed E-state index contributed by atoms with van der Waals surface area (Å²) in [5.74, 6) is 1.79.